The molecular formula is C23H18F2N6O2. The summed E-state index contributed by atoms with van der Waals surface area (Å²) in [6, 6.07) is 11.6. The number of hydrogen-bond acceptors (Lipinski definition) is 6. The lowest BCUT2D eigenvalue weighted by molar-refractivity contribution is -0.118. The second kappa shape index (κ2) is 7.66. The number of primary amides is 1. The summed E-state index contributed by atoms with van der Waals surface area (Å²) >= 11 is 0. The number of aromatic nitrogens is 4. The maximum atomic E-state index is 14.8. The van der Waals surface area contributed by atoms with Crippen molar-refractivity contribution in [3.8, 4) is 22.5 Å². The van der Waals surface area contributed by atoms with Crippen LogP contribution >= 0.6 is 0 Å². The van der Waals surface area contributed by atoms with Crippen molar-refractivity contribution in [2.24, 2.45) is 5.73 Å². The van der Waals surface area contributed by atoms with Crippen LogP contribution in [0.4, 0.5) is 14.5 Å². The van der Waals surface area contributed by atoms with Gasteiger partial charge in [-0.2, -0.15) is 4.98 Å². The molecule has 1 atom stereocenters. The topological polar surface area (TPSA) is 98.6 Å². The number of rotatable bonds is 4. The zero-order chi connectivity index (χ0) is 23.3. The summed E-state index contributed by atoms with van der Waals surface area (Å²) in [6.45, 7) is 3.20. The van der Waals surface area contributed by atoms with E-state index in [1.807, 2.05) is 30.3 Å². The van der Waals surface area contributed by atoms with E-state index in [1.54, 1.807) is 26.2 Å². The lowest BCUT2D eigenvalue weighted by Gasteiger charge is -2.24. The molecule has 0 radical (unpaired) electrons. The summed E-state index contributed by atoms with van der Waals surface area (Å²) in [6.07, 6.45) is 2.67. The van der Waals surface area contributed by atoms with Crippen LogP contribution in [0, 0.1) is 11.6 Å². The normalized spacial score (nSPS) is 15.9. The molecule has 5 rings (SSSR count). The number of ether oxygens (including phenoxy) is 1. The highest BCUT2D eigenvalue weighted by atomic mass is 19.1. The molecule has 0 fully saturated rings. The van der Waals surface area contributed by atoms with Crippen molar-refractivity contribution in [2.75, 3.05) is 4.90 Å². The average Bonchev–Trinajstić information content (AvgIpc) is 3.34. The third-order valence-electron chi connectivity index (χ3n) is 5.40. The van der Waals surface area contributed by atoms with E-state index in [9.17, 15) is 13.6 Å². The highest BCUT2D eigenvalue weighted by Gasteiger charge is 2.34. The van der Waals surface area contributed by atoms with E-state index < -0.39 is 23.8 Å². The minimum atomic E-state index is -0.833. The van der Waals surface area contributed by atoms with Crippen LogP contribution in [-0.2, 0) is 9.53 Å². The first-order chi connectivity index (χ1) is 15.8. The van der Waals surface area contributed by atoms with Gasteiger partial charge < -0.3 is 15.4 Å². The number of benzene rings is 2. The van der Waals surface area contributed by atoms with E-state index >= 15 is 0 Å². The van der Waals surface area contributed by atoms with Crippen molar-refractivity contribution >= 4 is 17.4 Å². The Labute approximate surface area is 186 Å². The molecule has 0 bridgehead atoms. The Morgan fingerprint density at radius 3 is 2.58 bits per heavy atom. The number of fused-ring (bicyclic) bond motifs is 1. The third-order valence-corrected chi connectivity index (χ3v) is 5.40. The molecule has 1 amide bonds. The second-order valence-electron chi connectivity index (χ2n) is 7.54. The maximum Gasteiger partial charge on any atom is 0.285 e. The van der Waals surface area contributed by atoms with Crippen LogP contribution in [0.1, 0.15) is 13.8 Å². The summed E-state index contributed by atoms with van der Waals surface area (Å²) in [5.74, 6) is -2.20. The number of carbonyl (C=O) groups is 1. The molecule has 10 heteroatoms. The molecule has 1 aliphatic rings. The lowest BCUT2D eigenvalue weighted by Crippen LogP contribution is -2.28. The minimum Gasteiger partial charge on any atom is -0.463 e. The van der Waals surface area contributed by atoms with Crippen LogP contribution in [0.3, 0.4) is 0 Å². The quantitative estimate of drug-likeness (QED) is 0.512. The van der Waals surface area contributed by atoms with Crippen LogP contribution in [0.25, 0.3) is 28.3 Å². The standard InChI is InChI=1S/C23H18F2N6O2/c1-12-20(21(26)32)33-13(2)31(12)19-8-16(17(24)9-18(19)25)22-28-23-27-10-15(11-30(23)29-22)14-6-4-3-5-7-14/h3-11,13H,1-2H3,(H2,26,32). The third kappa shape index (κ3) is 3.45. The van der Waals surface area contributed by atoms with Gasteiger partial charge in [0.1, 0.15) is 11.6 Å². The number of nitrogens with two attached hydrogens (primary N) is 1. The molecular weight excluding hydrogens is 430 g/mol. The van der Waals surface area contributed by atoms with Crippen molar-refractivity contribution in [2.45, 2.75) is 20.1 Å². The van der Waals surface area contributed by atoms with Gasteiger partial charge in [0, 0.05) is 24.0 Å². The van der Waals surface area contributed by atoms with Gasteiger partial charge in [0.25, 0.3) is 11.7 Å². The van der Waals surface area contributed by atoms with Crippen LogP contribution in [0.2, 0.25) is 0 Å². The molecule has 1 unspecified atom stereocenters. The van der Waals surface area contributed by atoms with Crippen molar-refractivity contribution in [3.63, 3.8) is 0 Å². The predicted molar refractivity (Wildman–Crippen MR) is 116 cm³/mol. The molecule has 2 N–H and O–H groups in total. The van der Waals surface area contributed by atoms with Gasteiger partial charge in [-0.05, 0) is 25.5 Å². The summed E-state index contributed by atoms with van der Waals surface area (Å²) in [5, 5.41) is 4.35. The minimum absolute atomic E-state index is 0.00411. The Bertz CT molecular complexity index is 1430. The number of halogens is 2. The first kappa shape index (κ1) is 20.6. The molecule has 3 heterocycles. The van der Waals surface area contributed by atoms with Crippen molar-refractivity contribution in [1.82, 2.24) is 19.6 Å². The van der Waals surface area contributed by atoms with Crippen molar-refractivity contribution in [1.29, 1.82) is 0 Å². The monoisotopic (exact) mass is 448 g/mol. The number of anilines is 1. The largest absolute Gasteiger partial charge is 0.463 e. The summed E-state index contributed by atoms with van der Waals surface area (Å²) in [5.41, 5.74) is 7.39. The van der Waals surface area contributed by atoms with Gasteiger partial charge >= 0.3 is 0 Å². The highest BCUT2D eigenvalue weighted by molar-refractivity contribution is 5.92. The van der Waals surface area contributed by atoms with E-state index in [1.165, 1.54) is 15.5 Å². The smallest absolute Gasteiger partial charge is 0.285 e. The Morgan fingerprint density at radius 1 is 1.12 bits per heavy atom. The first-order valence-electron chi connectivity index (χ1n) is 10.1. The number of allylic oxidation sites excluding steroid dienone is 1. The Morgan fingerprint density at radius 2 is 1.88 bits per heavy atom. The molecule has 2 aromatic heterocycles. The second-order valence-corrected chi connectivity index (χ2v) is 7.54. The number of carbonyl (C=O) groups excluding carboxylic acids is 1. The molecule has 2 aromatic carbocycles. The van der Waals surface area contributed by atoms with Gasteiger partial charge in [0.2, 0.25) is 5.76 Å². The van der Waals surface area contributed by atoms with E-state index in [4.69, 9.17) is 10.5 Å². The summed E-state index contributed by atoms with van der Waals surface area (Å²) in [7, 11) is 0. The first-order valence-corrected chi connectivity index (χ1v) is 10.1. The summed E-state index contributed by atoms with van der Waals surface area (Å²) in [4.78, 5) is 21.7. The number of nitrogens with zero attached hydrogens (tertiary/aromatic N) is 5. The Hall–Kier alpha value is -4.34. The fourth-order valence-electron chi connectivity index (χ4n) is 3.87. The van der Waals surface area contributed by atoms with Gasteiger partial charge in [-0.15, -0.1) is 5.10 Å². The van der Waals surface area contributed by atoms with E-state index in [0.29, 0.717) is 5.70 Å². The van der Waals surface area contributed by atoms with Gasteiger partial charge in [-0.3, -0.25) is 4.79 Å². The molecule has 0 saturated carbocycles. The molecule has 0 spiro atoms. The Balaban J connectivity index is 1.59. The van der Waals surface area contributed by atoms with E-state index in [0.717, 1.165) is 17.2 Å². The van der Waals surface area contributed by atoms with Crippen LogP contribution in [0.5, 0.6) is 0 Å². The van der Waals surface area contributed by atoms with Gasteiger partial charge in [0.05, 0.1) is 16.9 Å². The maximum absolute atomic E-state index is 14.8. The predicted octanol–water partition coefficient (Wildman–Crippen LogP) is 3.64. The fourth-order valence-corrected chi connectivity index (χ4v) is 3.87. The summed E-state index contributed by atoms with van der Waals surface area (Å²) < 4.78 is 36.5. The van der Waals surface area contributed by atoms with Gasteiger partial charge in [0.15, 0.2) is 12.1 Å². The van der Waals surface area contributed by atoms with Crippen LogP contribution < -0.4 is 10.6 Å². The lowest BCUT2D eigenvalue weighted by atomic mass is 10.1. The molecule has 33 heavy (non-hydrogen) atoms. The highest BCUT2D eigenvalue weighted by Crippen LogP contribution is 2.36. The molecule has 166 valence electrons. The average molecular weight is 448 g/mol. The zero-order valence-corrected chi connectivity index (χ0v) is 17.7. The van der Waals surface area contributed by atoms with Gasteiger partial charge in [-0.25, -0.2) is 18.3 Å². The molecule has 4 aromatic rings. The SMILES string of the molecule is CC1=C(C(N)=O)OC(C)N1c1cc(-c2nc3ncc(-c4ccccc4)cn3n2)c(F)cc1F. The molecule has 8 nitrogen and oxygen atoms in total. The molecule has 0 aliphatic carbocycles. The fraction of sp³-hybridized carbons (Fsp3) is 0.130. The number of amides is 1. The van der Waals surface area contributed by atoms with E-state index in [-0.39, 0.29) is 28.6 Å². The van der Waals surface area contributed by atoms with Crippen molar-refractivity contribution < 1.29 is 18.3 Å². The van der Waals surface area contributed by atoms with Gasteiger partial charge in [-0.1, -0.05) is 30.3 Å². The van der Waals surface area contributed by atoms with Crippen LogP contribution in [0.15, 0.2) is 66.3 Å². The number of hydrogen-bond donors (Lipinski definition) is 1. The molecule has 1 aliphatic heterocycles. The Kier molecular flexibility index (Phi) is 4.77. The van der Waals surface area contributed by atoms with Crippen molar-refractivity contribution in [3.05, 3.63) is 77.9 Å². The molecule has 0 saturated heterocycles. The van der Waals surface area contributed by atoms with Crippen LogP contribution in [-0.4, -0.2) is 31.7 Å². The zero-order valence-electron chi connectivity index (χ0n) is 17.7. The van der Waals surface area contributed by atoms with E-state index in [2.05, 4.69) is 15.1 Å².